The van der Waals surface area contributed by atoms with Crippen molar-refractivity contribution in [2.75, 3.05) is 7.11 Å². The molecule has 33 heavy (non-hydrogen) atoms. The van der Waals surface area contributed by atoms with Crippen LogP contribution in [0.3, 0.4) is 0 Å². The van der Waals surface area contributed by atoms with E-state index in [9.17, 15) is 14.7 Å². The molecule has 0 saturated heterocycles. The van der Waals surface area contributed by atoms with Crippen molar-refractivity contribution >= 4 is 50.6 Å². The molecule has 0 spiro atoms. The second kappa shape index (κ2) is 10.8. The van der Waals surface area contributed by atoms with E-state index in [0.29, 0.717) is 33.7 Å². The van der Waals surface area contributed by atoms with Crippen molar-refractivity contribution in [1.29, 1.82) is 0 Å². The second-order valence-electron chi connectivity index (χ2n) is 7.28. The summed E-state index contributed by atoms with van der Waals surface area (Å²) < 4.78 is 12.9. The molecule has 2 aromatic carbocycles. The molecule has 0 radical (unpaired) electrons. The van der Waals surface area contributed by atoms with E-state index in [4.69, 9.17) is 21.1 Å². The quantitative estimate of drug-likeness (QED) is 0.390. The molecule has 174 valence electrons. The van der Waals surface area contributed by atoms with Crippen LogP contribution in [0.5, 0.6) is 11.5 Å². The van der Waals surface area contributed by atoms with Crippen LogP contribution >= 0.6 is 27.5 Å². The molecule has 3 aromatic rings. The molecule has 0 bridgehead atoms. The number of carbonyl (C=O) groups is 1. The predicted molar refractivity (Wildman–Crippen MR) is 131 cm³/mol. The van der Waals surface area contributed by atoms with Crippen LogP contribution in [-0.2, 0) is 11.2 Å². The average molecular weight is 537 g/mol. The number of aryl methyl sites for hydroxylation is 1. The Balaban J connectivity index is 2.16. The highest BCUT2D eigenvalue weighted by molar-refractivity contribution is 9.10. The van der Waals surface area contributed by atoms with Crippen molar-refractivity contribution < 1.29 is 19.4 Å². The monoisotopic (exact) mass is 535 g/mol. The normalized spacial score (nSPS) is 12.3. The fraction of sp³-hybridized carbons (Fsp3) is 0.304. The summed E-state index contributed by atoms with van der Waals surface area (Å²) in [6.45, 7) is 3.45. The third-order valence-corrected chi connectivity index (χ3v) is 5.56. The van der Waals surface area contributed by atoms with Gasteiger partial charge in [-0.2, -0.15) is 9.78 Å². The van der Waals surface area contributed by atoms with E-state index >= 15 is 0 Å². The number of methoxy groups -OCH3 is 1. The summed E-state index contributed by atoms with van der Waals surface area (Å²) in [7, 11) is 1.42. The van der Waals surface area contributed by atoms with Gasteiger partial charge >= 0.3 is 5.97 Å². The number of hydrogen-bond acceptors (Lipinski definition) is 6. The number of carboxylic acids is 1. The first-order chi connectivity index (χ1) is 15.7. The van der Waals surface area contributed by atoms with Gasteiger partial charge in [-0.25, -0.2) is 9.78 Å². The van der Waals surface area contributed by atoms with Crippen molar-refractivity contribution in [1.82, 2.24) is 9.66 Å². The van der Waals surface area contributed by atoms with Crippen molar-refractivity contribution in [2.24, 2.45) is 5.10 Å². The zero-order valence-electron chi connectivity index (χ0n) is 18.3. The summed E-state index contributed by atoms with van der Waals surface area (Å²) in [6.07, 6.45) is 2.57. The van der Waals surface area contributed by atoms with Crippen molar-refractivity contribution in [3.63, 3.8) is 0 Å². The summed E-state index contributed by atoms with van der Waals surface area (Å²) in [5, 5.41) is 14.4. The van der Waals surface area contributed by atoms with Gasteiger partial charge in [-0.1, -0.05) is 40.9 Å². The maximum absolute atomic E-state index is 13.3. The number of benzene rings is 2. The highest BCUT2D eigenvalue weighted by Crippen LogP contribution is 2.34. The minimum Gasteiger partial charge on any atom is -0.493 e. The number of nitrogens with zero attached hydrogens (tertiary/aromatic N) is 3. The molecule has 1 heterocycles. The van der Waals surface area contributed by atoms with Crippen LogP contribution in [0, 0.1) is 0 Å². The fourth-order valence-electron chi connectivity index (χ4n) is 3.12. The van der Waals surface area contributed by atoms with Gasteiger partial charge in [-0.15, -0.1) is 0 Å². The fourth-order valence-corrected chi connectivity index (χ4v) is 3.70. The minimum atomic E-state index is -1.14. The number of halogens is 2. The van der Waals surface area contributed by atoms with Crippen molar-refractivity contribution in [3.8, 4) is 11.5 Å². The van der Waals surface area contributed by atoms with Crippen LogP contribution in [0.1, 0.15) is 38.1 Å². The maximum atomic E-state index is 13.3. The van der Waals surface area contributed by atoms with Gasteiger partial charge in [0.25, 0.3) is 5.56 Å². The second-order valence-corrected chi connectivity index (χ2v) is 8.63. The maximum Gasteiger partial charge on any atom is 0.344 e. The van der Waals surface area contributed by atoms with Gasteiger partial charge < -0.3 is 14.6 Å². The molecule has 1 atom stereocenters. The van der Waals surface area contributed by atoms with E-state index < -0.39 is 12.1 Å². The number of rotatable bonds is 9. The van der Waals surface area contributed by atoms with Crippen LogP contribution in [0.15, 0.2) is 44.7 Å². The van der Waals surface area contributed by atoms with Gasteiger partial charge in [-0.05, 0) is 37.6 Å². The Hall–Kier alpha value is -2.91. The number of ether oxygens (including phenoxy) is 2. The Morgan fingerprint density at radius 3 is 2.79 bits per heavy atom. The van der Waals surface area contributed by atoms with E-state index in [1.54, 1.807) is 18.2 Å². The Labute approximate surface area is 203 Å². The lowest BCUT2D eigenvalue weighted by Gasteiger charge is -2.16. The smallest absolute Gasteiger partial charge is 0.344 e. The lowest BCUT2D eigenvalue weighted by molar-refractivity contribution is -0.144. The molecule has 0 aliphatic carbocycles. The molecule has 1 aromatic heterocycles. The summed E-state index contributed by atoms with van der Waals surface area (Å²) in [6, 6.07) is 8.38. The van der Waals surface area contributed by atoms with E-state index in [1.165, 1.54) is 31.0 Å². The molecule has 0 amide bonds. The first-order valence-corrected chi connectivity index (χ1v) is 11.4. The molecule has 10 heteroatoms. The number of fused-ring (bicyclic) bond motifs is 1. The SMILES string of the molecule is CCCCc1nc2ccc(Br)cc2c(=O)n1N=Cc1cc(Cl)cc(OC)c1O[C@@H](C)C(=O)O. The van der Waals surface area contributed by atoms with Crippen LogP contribution in [-0.4, -0.2) is 40.2 Å². The first-order valence-electron chi connectivity index (χ1n) is 10.3. The number of carboxylic acid groups (broad SMARTS) is 1. The number of unbranched alkanes of at least 4 members (excludes halogenated alkanes) is 1. The summed E-state index contributed by atoms with van der Waals surface area (Å²) in [4.78, 5) is 29.2. The topological polar surface area (TPSA) is 103 Å². The molecule has 0 aliphatic heterocycles. The predicted octanol–water partition coefficient (Wildman–Crippen LogP) is 4.90. The molecule has 0 fully saturated rings. The van der Waals surface area contributed by atoms with E-state index in [2.05, 4.69) is 32.9 Å². The first kappa shape index (κ1) is 24.7. The minimum absolute atomic E-state index is 0.153. The number of aromatic nitrogens is 2. The van der Waals surface area contributed by atoms with Crippen LogP contribution in [0.25, 0.3) is 10.9 Å². The van der Waals surface area contributed by atoms with Gasteiger partial charge in [0.1, 0.15) is 5.82 Å². The number of hydrogen-bond donors (Lipinski definition) is 1. The molecule has 3 rings (SSSR count). The Bertz CT molecular complexity index is 1280. The standard InChI is InChI=1S/C23H23BrClN3O5/c1-4-5-6-20-27-18-8-7-15(24)10-17(18)22(29)28(20)26-12-14-9-16(25)11-19(32-3)21(14)33-13(2)23(30)31/h7-13H,4-6H2,1-3H3,(H,30,31)/t13-/m0/s1. The third kappa shape index (κ3) is 5.72. The van der Waals surface area contributed by atoms with E-state index in [-0.39, 0.29) is 17.1 Å². The highest BCUT2D eigenvalue weighted by atomic mass is 79.9. The lowest BCUT2D eigenvalue weighted by atomic mass is 10.2. The molecule has 0 aliphatic rings. The van der Waals surface area contributed by atoms with Crippen LogP contribution < -0.4 is 15.0 Å². The number of aliphatic carboxylic acids is 1. The van der Waals surface area contributed by atoms with E-state index in [0.717, 1.165) is 17.3 Å². The summed E-state index contributed by atoms with van der Waals surface area (Å²) >= 11 is 9.60. The van der Waals surface area contributed by atoms with Gasteiger partial charge in [0, 0.05) is 27.5 Å². The molecule has 1 N–H and O–H groups in total. The zero-order valence-corrected chi connectivity index (χ0v) is 20.7. The van der Waals surface area contributed by atoms with E-state index in [1.807, 2.05) is 6.07 Å². The molecule has 0 unspecified atom stereocenters. The van der Waals surface area contributed by atoms with Crippen molar-refractivity contribution in [2.45, 2.75) is 39.2 Å². The molecular formula is C23H23BrClN3O5. The van der Waals surface area contributed by atoms with Crippen LogP contribution in [0.2, 0.25) is 5.02 Å². The van der Waals surface area contributed by atoms with Gasteiger partial charge in [0.15, 0.2) is 17.6 Å². The van der Waals surface area contributed by atoms with Gasteiger partial charge in [-0.3, -0.25) is 4.79 Å². The summed E-state index contributed by atoms with van der Waals surface area (Å²) in [5.74, 6) is -0.225. The summed E-state index contributed by atoms with van der Waals surface area (Å²) in [5.41, 5.74) is 0.624. The molecule has 0 saturated carbocycles. The van der Waals surface area contributed by atoms with Crippen LogP contribution in [0.4, 0.5) is 0 Å². The Morgan fingerprint density at radius 2 is 2.12 bits per heavy atom. The largest absolute Gasteiger partial charge is 0.493 e. The van der Waals surface area contributed by atoms with Crippen molar-refractivity contribution in [3.05, 3.63) is 61.6 Å². The molecular weight excluding hydrogens is 514 g/mol. The highest BCUT2D eigenvalue weighted by Gasteiger charge is 2.19. The third-order valence-electron chi connectivity index (χ3n) is 4.85. The average Bonchev–Trinajstić information content (AvgIpc) is 2.78. The Kier molecular flexibility index (Phi) is 8.10. The van der Waals surface area contributed by atoms with Gasteiger partial charge in [0.2, 0.25) is 0 Å². The molecule has 8 nitrogen and oxygen atoms in total. The zero-order chi connectivity index (χ0) is 24.1. The van der Waals surface area contributed by atoms with Gasteiger partial charge in [0.05, 0.1) is 24.2 Å². The Morgan fingerprint density at radius 1 is 1.36 bits per heavy atom. The lowest BCUT2D eigenvalue weighted by Crippen LogP contribution is -2.24.